The number of hydrogen-bond acceptors (Lipinski definition) is 8. The van der Waals surface area contributed by atoms with E-state index in [4.69, 9.17) is 14.2 Å². The Kier molecular flexibility index (Phi) is 8.11. The number of pyridine rings is 1. The molecule has 0 saturated heterocycles. The second-order valence-corrected chi connectivity index (χ2v) is 10.00. The fourth-order valence-corrected chi connectivity index (χ4v) is 5.65. The number of H-pyrrole nitrogens is 1. The van der Waals surface area contributed by atoms with E-state index in [0.29, 0.717) is 41.7 Å². The summed E-state index contributed by atoms with van der Waals surface area (Å²) in [6.07, 6.45) is 5.36. The summed E-state index contributed by atoms with van der Waals surface area (Å²) in [5.74, 6) is 2.82. The lowest BCUT2D eigenvalue weighted by Crippen LogP contribution is -2.39. The van der Waals surface area contributed by atoms with E-state index in [2.05, 4.69) is 32.3 Å². The molecule has 10 nitrogen and oxygen atoms in total. The number of nitrogens with one attached hydrogen (secondary N) is 1. The van der Waals surface area contributed by atoms with E-state index in [1.807, 2.05) is 41.1 Å². The van der Waals surface area contributed by atoms with Crippen molar-refractivity contribution in [1.29, 1.82) is 0 Å². The van der Waals surface area contributed by atoms with Crippen LogP contribution in [0.3, 0.4) is 0 Å². The third kappa shape index (κ3) is 5.61. The summed E-state index contributed by atoms with van der Waals surface area (Å²) in [5, 5.41) is 13.8. The average molecular weight is 533 g/mol. The molecule has 1 unspecified atom stereocenters. The molecule has 206 valence electrons. The number of benzene rings is 2. The Hall–Kier alpha value is -3.92. The topological polar surface area (TPSA) is 107 Å². The van der Waals surface area contributed by atoms with Crippen molar-refractivity contribution in [3.63, 3.8) is 0 Å². The van der Waals surface area contributed by atoms with Gasteiger partial charge in [0.2, 0.25) is 0 Å². The smallest absolute Gasteiger partial charge is 0.252 e. The van der Waals surface area contributed by atoms with Crippen molar-refractivity contribution in [1.82, 2.24) is 30.1 Å². The highest BCUT2D eigenvalue weighted by Gasteiger charge is 2.32. The minimum atomic E-state index is -0.106. The van der Waals surface area contributed by atoms with Gasteiger partial charge in [-0.15, -0.1) is 5.10 Å². The molecule has 1 saturated carbocycles. The molecule has 2 aromatic carbocycles. The lowest BCUT2D eigenvalue weighted by Gasteiger charge is -2.35. The lowest BCUT2D eigenvalue weighted by molar-refractivity contribution is 0.112. The van der Waals surface area contributed by atoms with Gasteiger partial charge in [-0.1, -0.05) is 31.9 Å². The first-order chi connectivity index (χ1) is 19.0. The normalized spacial score (nSPS) is 14.7. The van der Waals surface area contributed by atoms with Crippen molar-refractivity contribution in [2.24, 2.45) is 0 Å². The van der Waals surface area contributed by atoms with Gasteiger partial charge in [0.25, 0.3) is 5.56 Å². The second-order valence-electron chi connectivity index (χ2n) is 10.00. The predicted octanol–water partition coefficient (Wildman–Crippen LogP) is 4.48. The minimum absolute atomic E-state index is 0.0400. The van der Waals surface area contributed by atoms with Gasteiger partial charge in [0.1, 0.15) is 5.75 Å². The molecule has 1 aliphatic rings. The third-order valence-corrected chi connectivity index (χ3v) is 7.71. The van der Waals surface area contributed by atoms with Gasteiger partial charge < -0.3 is 19.2 Å². The summed E-state index contributed by atoms with van der Waals surface area (Å²) in [4.78, 5) is 18.8. The fraction of sp³-hybridized carbons (Fsp3) is 0.448. The van der Waals surface area contributed by atoms with E-state index >= 15 is 0 Å². The summed E-state index contributed by atoms with van der Waals surface area (Å²) in [7, 11) is 4.86. The molecule has 2 heterocycles. The Labute approximate surface area is 227 Å². The highest BCUT2D eigenvalue weighted by atomic mass is 16.5. The lowest BCUT2D eigenvalue weighted by atomic mass is 10.0. The molecule has 39 heavy (non-hydrogen) atoms. The van der Waals surface area contributed by atoms with Crippen LogP contribution in [0.5, 0.6) is 17.2 Å². The molecule has 0 radical (unpaired) electrons. The summed E-state index contributed by atoms with van der Waals surface area (Å²) in [6.45, 7) is 3.21. The van der Waals surface area contributed by atoms with Crippen LogP contribution >= 0.6 is 0 Å². The van der Waals surface area contributed by atoms with Crippen LogP contribution in [0.4, 0.5) is 0 Å². The first-order valence-electron chi connectivity index (χ1n) is 13.5. The van der Waals surface area contributed by atoms with Crippen LogP contribution in [0, 0.1) is 0 Å². The van der Waals surface area contributed by atoms with E-state index in [0.717, 1.165) is 41.8 Å². The third-order valence-electron chi connectivity index (χ3n) is 7.71. The number of methoxy groups -OCH3 is 3. The van der Waals surface area contributed by atoms with Gasteiger partial charge in [0.05, 0.1) is 39.4 Å². The van der Waals surface area contributed by atoms with Gasteiger partial charge in [-0.05, 0) is 59.5 Å². The fourth-order valence-electron chi connectivity index (χ4n) is 5.65. The maximum Gasteiger partial charge on any atom is 0.252 e. The molecule has 1 atom stereocenters. The van der Waals surface area contributed by atoms with Crippen molar-refractivity contribution in [2.75, 3.05) is 21.3 Å². The molecular weight excluding hydrogens is 496 g/mol. The highest BCUT2D eigenvalue weighted by Crippen LogP contribution is 2.35. The summed E-state index contributed by atoms with van der Waals surface area (Å²) in [6, 6.07) is 13.9. The quantitative estimate of drug-likeness (QED) is 0.301. The van der Waals surface area contributed by atoms with E-state index < -0.39 is 0 Å². The zero-order chi connectivity index (χ0) is 27.4. The van der Waals surface area contributed by atoms with E-state index in [1.165, 1.54) is 12.8 Å². The number of hydrogen-bond donors (Lipinski definition) is 1. The first-order valence-corrected chi connectivity index (χ1v) is 13.5. The van der Waals surface area contributed by atoms with Crippen LogP contribution < -0.4 is 19.8 Å². The molecule has 0 aliphatic heterocycles. The zero-order valence-corrected chi connectivity index (χ0v) is 23.0. The van der Waals surface area contributed by atoms with Crippen LogP contribution in [-0.2, 0) is 13.1 Å². The zero-order valence-electron chi connectivity index (χ0n) is 23.0. The molecular formula is C29H36N6O4. The summed E-state index contributed by atoms with van der Waals surface area (Å²) >= 11 is 0. The molecule has 1 fully saturated rings. The molecule has 4 aromatic rings. The van der Waals surface area contributed by atoms with Gasteiger partial charge in [0.15, 0.2) is 17.3 Å². The number of nitrogens with zero attached hydrogens (tertiary/aromatic N) is 5. The second kappa shape index (κ2) is 11.9. The molecule has 5 rings (SSSR count). The van der Waals surface area contributed by atoms with Crippen LogP contribution in [0.15, 0.2) is 47.3 Å². The molecule has 2 aromatic heterocycles. The highest BCUT2D eigenvalue weighted by molar-refractivity contribution is 5.83. The van der Waals surface area contributed by atoms with Gasteiger partial charge >= 0.3 is 0 Å². The minimum Gasteiger partial charge on any atom is -0.497 e. The van der Waals surface area contributed by atoms with Crippen molar-refractivity contribution >= 4 is 10.9 Å². The number of aromatic amines is 1. The van der Waals surface area contributed by atoms with E-state index in [-0.39, 0.29) is 11.6 Å². The molecule has 1 aliphatic carbocycles. The summed E-state index contributed by atoms with van der Waals surface area (Å²) < 4.78 is 18.1. The van der Waals surface area contributed by atoms with Gasteiger partial charge in [-0.2, -0.15) is 0 Å². The maximum atomic E-state index is 13.3. The number of ether oxygens (including phenoxy) is 3. The summed E-state index contributed by atoms with van der Waals surface area (Å²) in [5.41, 5.74) is 2.39. The predicted molar refractivity (Wildman–Crippen MR) is 148 cm³/mol. The Morgan fingerprint density at radius 3 is 2.41 bits per heavy atom. The largest absolute Gasteiger partial charge is 0.497 e. The van der Waals surface area contributed by atoms with E-state index in [1.54, 1.807) is 27.4 Å². The Morgan fingerprint density at radius 1 is 1.03 bits per heavy atom. The van der Waals surface area contributed by atoms with Gasteiger partial charge in [0, 0.05) is 29.6 Å². The number of fused-ring (bicyclic) bond motifs is 1. The molecule has 0 bridgehead atoms. The Balaban J connectivity index is 1.48. The van der Waals surface area contributed by atoms with Crippen LogP contribution in [0.2, 0.25) is 0 Å². The molecule has 1 N–H and O–H groups in total. The van der Waals surface area contributed by atoms with Gasteiger partial charge in [-0.3, -0.25) is 9.69 Å². The van der Waals surface area contributed by atoms with Gasteiger partial charge in [-0.25, -0.2) is 4.68 Å². The Morgan fingerprint density at radius 2 is 1.74 bits per heavy atom. The monoisotopic (exact) mass is 532 g/mol. The molecule has 0 spiro atoms. The van der Waals surface area contributed by atoms with E-state index in [9.17, 15) is 4.79 Å². The van der Waals surface area contributed by atoms with Crippen molar-refractivity contribution in [3.8, 4) is 17.2 Å². The maximum absolute atomic E-state index is 13.3. The van der Waals surface area contributed by atoms with Crippen LogP contribution in [0.25, 0.3) is 10.9 Å². The number of tetrazole rings is 1. The number of rotatable bonds is 11. The van der Waals surface area contributed by atoms with Crippen molar-refractivity contribution in [3.05, 3.63) is 69.8 Å². The standard InChI is InChI=1S/C29H36N6O4/c1-5-25(28-31-32-33-35(28)17-19-10-12-23(37-2)13-11-19)34(22-8-6-7-9-22)18-21-14-20-15-26(38-3)27(39-4)16-24(20)30-29(21)36/h10-16,22,25H,5-9,17-18H2,1-4H3,(H,30,36). The number of aromatic nitrogens is 5. The molecule has 10 heteroatoms. The average Bonchev–Trinajstić information content (AvgIpc) is 3.66. The van der Waals surface area contributed by atoms with Crippen LogP contribution in [0.1, 0.15) is 62.0 Å². The van der Waals surface area contributed by atoms with Crippen molar-refractivity contribution < 1.29 is 14.2 Å². The first kappa shape index (κ1) is 26.7. The Bertz CT molecular complexity index is 1460. The SMILES string of the molecule is CCC(c1nnnn1Cc1ccc(OC)cc1)N(Cc1cc2cc(OC)c(OC)cc2[nH]c1=O)C1CCCC1. The van der Waals surface area contributed by atoms with Crippen LogP contribution in [-0.4, -0.2) is 57.5 Å². The molecule has 0 amide bonds. The van der Waals surface area contributed by atoms with Crippen molar-refractivity contribution in [2.45, 2.75) is 64.2 Å².